The summed E-state index contributed by atoms with van der Waals surface area (Å²) in [5.74, 6) is -0.207. The van der Waals surface area contributed by atoms with E-state index in [4.69, 9.17) is 5.73 Å². The summed E-state index contributed by atoms with van der Waals surface area (Å²) in [5.41, 5.74) is 6.77. The maximum absolute atomic E-state index is 13.0. The van der Waals surface area contributed by atoms with Gasteiger partial charge in [0.05, 0.1) is 0 Å². The zero-order chi connectivity index (χ0) is 10.6. The molecule has 78 valence electrons. The lowest BCUT2D eigenvalue weighted by Gasteiger charge is -2.28. The van der Waals surface area contributed by atoms with Gasteiger partial charge in [0.1, 0.15) is 5.82 Å². The fourth-order valence-corrected chi connectivity index (χ4v) is 1.77. The summed E-state index contributed by atoms with van der Waals surface area (Å²) in [6.07, 6.45) is 2.75. The molecule has 0 radical (unpaired) electrons. The van der Waals surface area contributed by atoms with E-state index in [0.717, 1.165) is 24.8 Å². The Labute approximate surface area is 85.1 Å². The molecule has 1 unspecified atom stereocenters. The monoisotopic (exact) mass is 195 g/mol. The van der Waals surface area contributed by atoms with Gasteiger partial charge in [0, 0.05) is 5.54 Å². The van der Waals surface area contributed by atoms with Gasteiger partial charge >= 0.3 is 0 Å². The molecule has 1 rings (SSSR count). The molecule has 0 amide bonds. The van der Waals surface area contributed by atoms with Crippen LogP contribution in [-0.2, 0) is 5.54 Å². The van der Waals surface area contributed by atoms with E-state index in [0.29, 0.717) is 0 Å². The zero-order valence-corrected chi connectivity index (χ0v) is 8.89. The Balaban J connectivity index is 2.99. The molecular weight excluding hydrogens is 177 g/mol. The summed E-state index contributed by atoms with van der Waals surface area (Å²) in [4.78, 5) is 0. The summed E-state index contributed by atoms with van der Waals surface area (Å²) in [5, 5.41) is 0. The average Bonchev–Trinajstić information content (AvgIpc) is 2.18. The van der Waals surface area contributed by atoms with E-state index in [1.807, 2.05) is 13.0 Å². The normalized spacial score (nSPS) is 15.1. The van der Waals surface area contributed by atoms with Crippen LogP contribution in [0.2, 0.25) is 0 Å². The smallest absolute Gasteiger partial charge is 0.123 e. The van der Waals surface area contributed by atoms with Crippen LogP contribution in [0.3, 0.4) is 0 Å². The van der Waals surface area contributed by atoms with Gasteiger partial charge in [0.2, 0.25) is 0 Å². The molecule has 1 nitrogen and oxygen atoms in total. The second kappa shape index (κ2) is 4.56. The van der Waals surface area contributed by atoms with Crippen molar-refractivity contribution >= 4 is 0 Å². The number of benzene rings is 1. The molecule has 0 saturated heterocycles. The lowest BCUT2D eigenvalue weighted by atomic mass is 9.84. The number of nitrogens with two attached hydrogens (primary N) is 1. The summed E-state index contributed by atoms with van der Waals surface area (Å²) in [6, 6.07) is 6.62. The van der Waals surface area contributed by atoms with Crippen molar-refractivity contribution in [3.05, 3.63) is 35.6 Å². The summed E-state index contributed by atoms with van der Waals surface area (Å²) < 4.78 is 13.0. The molecule has 0 spiro atoms. The molecule has 14 heavy (non-hydrogen) atoms. The van der Waals surface area contributed by atoms with Crippen molar-refractivity contribution in [3.8, 4) is 0 Å². The molecule has 0 aliphatic rings. The van der Waals surface area contributed by atoms with Crippen molar-refractivity contribution < 1.29 is 4.39 Å². The minimum absolute atomic E-state index is 0.207. The molecule has 0 saturated carbocycles. The Kier molecular flexibility index (Phi) is 3.64. The van der Waals surface area contributed by atoms with Crippen molar-refractivity contribution in [1.82, 2.24) is 0 Å². The molecule has 1 atom stereocenters. The SMILES string of the molecule is CCCC(N)(CC)c1cccc(F)c1. The molecule has 0 aliphatic heterocycles. The molecule has 2 N–H and O–H groups in total. The second-order valence-electron chi connectivity index (χ2n) is 3.77. The van der Waals surface area contributed by atoms with E-state index in [1.165, 1.54) is 6.07 Å². The van der Waals surface area contributed by atoms with E-state index in [2.05, 4.69) is 6.92 Å². The predicted molar refractivity (Wildman–Crippen MR) is 57.5 cm³/mol. The molecule has 0 aromatic heterocycles. The van der Waals surface area contributed by atoms with Gasteiger partial charge < -0.3 is 5.73 Å². The van der Waals surface area contributed by atoms with Crippen LogP contribution in [0.1, 0.15) is 38.7 Å². The average molecular weight is 195 g/mol. The van der Waals surface area contributed by atoms with Crippen molar-refractivity contribution in [3.63, 3.8) is 0 Å². The maximum Gasteiger partial charge on any atom is 0.123 e. The molecule has 0 bridgehead atoms. The van der Waals surface area contributed by atoms with Crippen LogP contribution in [0, 0.1) is 5.82 Å². The fourth-order valence-electron chi connectivity index (χ4n) is 1.77. The Hall–Kier alpha value is -0.890. The molecule has 1 aromatic rings. The second-order valence-corrected chi connectivity index (χ2v) is 3.77. The van der Waals surface area contributed by atoms with Crippen LogP contribution >= 0.6 is 0 Å². The predicted octanol–water partition coefficient (Wildman–Crippen LogP) is 3.19. The largest absolute Gasteiger partial charge is 0.321 e. The highest BCUT2D eigenvalue weighted by Gasteiger charge is 2.23. The summed E-state index contributed by atoms with van der Waals surface area (Å²) in [6.45, 7) is 4.14. The first-order chi connectivity index (χ1) is 6.62. The maximum atomic E-state index is 13.0. The van der Waals surface area contributed by atoms with Crippen LogP contribution in [-0.4, -0.2) is 0 Å². The van der Waals surface area contributed by atoms with Crippen molar-refractivity contribution in [2.75, 3.05) is 0 Å². The molecule has 2 heteroatoms. The Morgan fingerprint density at radius 1 is 1.36 bits per heavy atom. The first kappa shape index (κ1) is 11.2. The Bertz CT molecular complexity index is 298. The van der Waals surface area contributed by atoms with Crippen LogP contribution in [0.25, 0.3) is 0 Å². The van der Waals surface area contributed by atoms with Gasteiger partial charge in [-0.2, -0.15) is 0 Å². The minimum Gasteiger partial charge on any atom is -0.321 e. The molecular formula is C12H18FN. The van der Waals surface area contributed by atoms with Gasteiger partial charge in [-0.1, -0.05) is 32.4 Å². The van der Waals surface area contributed by atoms with Gasteiger partial charge in [0.25, 0.3) is 0 Å². The number of rotatable bonds is 4. The van der Waals surface area contributed by atoms with Crippen molar-refractivity contribution in [2.24, 2.45) is 5.73 Å². The Morgan fingerprint density at radius 2 is 2.07 bits per heavy atom. The van der Waals surface area contributed by atoms with E-state index in [-0.39, 0.29) is 11.4 Å². The first-order valence-corrected chi connectivity index (χ1v) is 5.17. The van der Waals surface area contributed by atoms with Crippen LogP contribution < -0.4 is 5.73 Å². The molecule has 0 aliphatic carbocycles. The quantitative estimate of drug-likeness (QED) is 0.784. The highest BCUT2D eigenvalue weighted by Crippen LogP contribution is 2.27. The van der Waals surface area contributed by atoms with Gasteiger partial charge in [-0.3, -0.25) is 0 Å². The third-order valence-electron chi connectivity index (χ3n) is 2.73. The van der Waals surface area contributed by atoms with Gasteiger partial charge in [-0.25, -0.2) is 4.39 Å². The van der Waals surface area contributed by atoms with Crippen molar-refractivity contribution in [2.45, 2.75) is 38.6 Å². The third-order valence-corrected chi connectivity index (χ3v) is 2.73. The highest BCUT2D eigenvalue weighted by atomic mass is 19.1. The van der Waals surface area contributed by atoms with Crippen LogP contribution in [0.15, 0.2) is 24.3 Å². The highest BCUT2D eigenvalue weighted by molar-refractivity contribution is 5.24. The van der Waals surface area contributed by atoms with Crippen LogP contribution in [0.5, 0.6) is 0 Å². The summed E-state index contributed by atoms with van der Waals surface area (Å²) in [7, 11) is 0. The fraction of sp³-hybridized carbons (Fsp3) is 0.500. The first-order valence-electron chi connectivity index (χ1n) is 5.17. The Morgan fingerprint density at radius 3 is 2.57 bits per heavy atom. The summed E-state index contributed by atoms with van der Waals surface area (Å²) >= 11 is 0. The number of hydrogen-bond acceptors (Lipinski definition) is 1. The van der Waals surface area contributed by atoms with Gasteiger partial charge in [-0.15, -0.1) is 0 Å². The van der Waals surface area contributed by atoms with E-state index in [9.17, 15) is 4.39 Å². The van der Waals surface area contributed by atoms with E-state index >= 15 is 0 Å². The van der Waals surface area contributed by atoms with E-state index in [1.54, 1.807) is 12.1 Å². The third kappa shape index (κ3) is 2.32. The standard InChI is InChI=1S/C12H18FN/c1-3-8-12(14,4-2)10-6-5-7-11(13)9-10/h5-7,9H,3-4,8,14H2,1-2H3. The van der Waals surface area contributed by atoms with Crippen LogP contribution in [0.4, 0.5) is 4.39 Å². The topological polar surface area (TPSA) is 26.0 Å². The molecule has 1 aromatic carbocycles. The molecule has 0 heterocycles. The molecule has 0 fully saturated rings. The van der Waals surface area contributed by atoms with Gasteiger partial charge in [-0.05, 0) is 30.5 Å². The minimum atomic E-state index is -0.364. The van der Waals surface area contributed by atoms with E-state index < -0.39 is 0 Å². The number of halogens is 1. The lowest BCUT2D eigenvalue weighted by Crippen LogP contribution is -2.35. The van der Waals surface area contributed by atoms with Crippen molar-refractivity contribution in [1.29, 1.82) is 0 Å². The lowest BCUT2D eigenvalue weighted by molar-refractivity contribution is 0.388. The zero-order valence-electron chi connectivity index (χ0n) is 8.89. The van der Waals surface area contributed by atoms with Gasteiger partial charge in [0.15, 0.2) is 0 Å². The number of hydrogen-bond donors (Lipinski definition) is 1.